The predicted octanol–water partition coefficient (Wildman–Crippen LogP) is 1.82. The molecule has 0 aliphatic rings. The minimum Gasteiger partial charge on any atom is -0.448 e. The molecule has 1 atom stereocenters. The van der Waals surface area contributed by atoms with Crippen LogP contribution in [0.5, 0.6) is 0 Å². The fraction of sp³-hybridized carbons (Fsp3) is 0.118. The van der Waals surface area contributed by atoms with E-state index in [9.17, 15) is 9.59 Å². The molecule has 0 aliphatic heterocycles. The third kappa shape index (κ3) is 3.83. The Morgan fingerprint density at radius 2 is 2.00 bits per heavy atom. The van der Waals surface area contributed by atoms with Crippen LogP contribution in [0.4, 0.5) is 0 Å². The Morgan fingerprint density at radius 1 is 1.23 bits per heavy atom. The molecule has 26 heavy (non-hydrogen) atoms. The lowest BCUT2D eigenvalue weighted by atomic mass is 10.2. The Bertz CT molecular complexity index is 934. The van der Waals surface area contributed by atoms with Crippen molar-refractivity contribution < 1.29 is 14.3 Å². The van der Waals surface area contributed by atoms with E-state index < -0.39 is 18.0 Å². The van der Waals surface area contributed by atoms with Crippen LogP contribution in [0.15, 0.2) is 47.8 Å². The maximum Gasteiger partial charge on any atom is 0.357 e. The first-order valence-electron chi connectivity index (χ1n) is 7.66. The van der Waals surface area contributed by atoms with E-state index in [0.29, 0.717) is 5.82 Å². The summed E-state index contributed by atoms with van der Waals surface area (Å²) in [7, 11) is 0. The zero-order valence-corrected chi connectivity index (χ0v) is 14.6. The molecule has 3 rings (SSSR count). The van der Waals surface area contributed by atoms with E-state index in [4.69, 9.17) is 10.5 Å². The second-order valence-corrected chi connectivity index (χ2v) is 6.25. The van der Waals surface area contributed by atoms with Gasteiger partial charge in [-0.3, -0.25) is 4.79 Å². The molecule has 3 aromatic rings. The Kier molecular flexibility index (Phi) is 5.18. The van der Waals surface area contributed by atoms with Gasteiger partial charge in [-0.25, -0.2) is 4.79 Å². The Balaban J connectivity index is 2.04. The van der Waals surface area contributed by atoms with Gasteiger partial charge in [-0.2, -0.15) is 4.68 Å². The number of primary amides is 1. The van der Waals surface area contributed by atoms with Gasteiger partial charge in [0.25, 0.3) is 5.91 Å². The van der Waals surface area contributed by atoms with Crippen LogP contribution in [0.1, 0.15) is 11.8 Å². The second kappa shape index (κ2) is 7.70. The molecule has 1 amide bonds. The molecule has 0 saturated carbocycles. The summed E-state index contributed by atoms with van der Waals surface area (Å²) in [6, 6.07) is 12.9. The molecule has 0 fully saturated rings. The van der Waals surface area contributed by atoms with Crippen molar-refractivity contribution in [3.63, 3.8) is 0 Å². The highest BCUT2D eigenvalue weighted by atomic mass is 32.1. The van der Waals surface area contributed by atoms with Crippen LogP contribution in [0.2, 0.25) is 0 Å². The number of thiophene rings is 1. The van der Waals surface area contributed by atoms with Crippen LogP contribution in [0, 0.1) is 0 Å². The van der Waals surface area contributed by atoms with Crippen LogP contribution in [-0.4, -0.2) is 38.2 Å². The smallest absolute Gasteiger partial charge is 0.357 e. The molecule has 0 saturated heterocycles. The fourth-order valence-corrected chi connectivity index (χ4v) is 2.76. The number of hydrogen-bond donors (Lipinski definition) is 1. The van der Waals surface area contributed by atoms with Gasteiger partial charge in [0.1, 0.15) is 0 Å². The molecule has 0 spiro atoms. The first-order chi connectivity index (χ1) is 12.6. The summed E-state index contributed by atoms with van der Waals surface area (Å²) in [6.07, 6.45) is 0.523. The van der Waals surface area contributed by atoms with Gasteiger partial charge in [-0.15, -0.1) is 16.4 Å². The fourth-order valence-electron chi connectivity index (χ4n) is 2.11. The van der Waals surface area contributed by atoms with Crippen molar-refractivity contribution in [1.82, 2.24) is 20.2 Å². The molecule has 1 aromatic carbocycles. The zero-order valence-electron chi connectivity index (χ0n) is 13.8. The number of ether oxygens (including phenoxy) is 1. The topological polar surface area (TPSA) is 113 Å². The summed E-state index contributed by atoms with van der Waals surface area (Å²) in [5.74, 6) is -1.12. The van der Waals surface area contributed by atoms with Crippen LogP contribution in [0.25, 0.3) is 23.2 Å². The number of carbonyl (C=O) groups excluding carboxylic acids is 2. The van der Waals surface area contributed by atoms with Crippen molar-refractivity contribution in [2.45, 2.75) is 13.0 Å². The second-order valence-electron chi connectivity index (χ2n) is 5.28. The van der Waals surface area contributed by atoms with E-state index in [0.717, 1.165) is 10.4 Å². The molecule has 0 aliphatic carbocycles. The van der Waals surface area contributed by atoms with E-state index in [2.05, 4.69) is 15.5 Å². The third-order valence-electron chi connectivity index (χ3n) is 3.45. The first-order valence-corrected chi connectivity index (χ1v) is 8.54. The number of nitrogens with two attached hydrogens (primary N) is 1. The van der Waals surface area contributed by atoms with Gasteiger partial charge in [0.2, 0.25) is 0 Å². The monoisotopic (exact) mass is 369 g/mol. The average Bonchev–Trinajstić information content (AvgIpc) is 3.31. The summed E-state index contributed by atoms with van der Waals surface area (Å²) in [4.78, 5) is 24.7. The normalized spacial score (nSPS) is 12.6. The highest BCUT2D eigenvalue weighted by Crippen LogP contribution is 2.22. The predicted molar refractivity (Wildman–Crippen MR) is 96.5 cm³/mol. The van der Waals surface area contributed by atoms with E-state index >= 15 is 0 Å². The number of aromatic nitrogens is 4. The van der Waals surface area contributed by atoms with Crippen LogP contribution >= 0.6 is 11.3 Å². The highest BCUT2D eigenvalue weighted by molar-refractivity contribution is 7.10. The van der Waals surface area contributed by atoms with Crippen molar-refractivity contribution in [1.29, 1.82) is 0 Å². The summed E-state index contributed by atoms with van der Waals surface area (Å²) >= 11 is 1.44. The summed E-state index contributed by atoms with van der Waals surface area (Å²) in [6.45, 7) is 1.40. The molecule has 0 radical (unpaired) electrons. The third-order valence-corrected chi connectivity index (χ3v) is 4.26. The summed E-state index contributed by atoms with van der Waals surface area (Å²) in [5.41, 5.74) is 5.98. The van der Waals surface area contributed by atoms with E-state index in [1.807, 2.05) is 47.8 Å². The number of carbonyl (C=O) groups is 2. The number of esters is 1. The lowest BCUT2D eigenvalue weighted by molar-refractivity contribution is -0.148. The minimum absolute atomic E-state index is 0.0735. The van der Waals surface area contributed by atoms with Crippen molar-refractivity contribution in [3.05, 3.63) is 52.7 Å². The van der Waals surface area contributed by atoms with Crippen LogP contribution < -0.4 is 5.73 Å². The maximum atomic E-state index is 12.7. The Morgan fingerprint density at radius 3 is 2.65 bits per heavy atom. The molecule has 9 heteroatoms. The van der Waals surface area contributed by atoms with Crippen molar-refractivity contribution in [2.75, 3.05) is 0 Å². The molecule has 0 unspecified atom stereocenters. The summed E-state index contributed by atoms with van der Waals surface area (Å²) < 4.78 is 6.43. The minimum atomic E-state index is -1.08. The first kappa shape index (κ1) is 17.5. The molecule has 2 heterocycles. The number of tetrazole rings is 1. The van der Waals surface area contributed by atoms with E-state index in [-0.39, 0.29) is 5.70 Å². The number of amides is 1. The molecular formula is C17H15N5O3S. The quantitative estimate of drug-likeness (QED) is 0.524. The molecule has 0 bridgehead atoms. The Hall–Kier alpha value is -3.33. The van der Waals surface area contributed by atoms with E-state index in [1.54, 1.807) is 6.08 Å². The molecule has 2 aromatic heterocycles. The van der Waals surface area contributed by atoms with Gasteiger partial charge in [-0.05, 0) is 34.9 Å². The largest absolute Gasteiger partial charge is 0.448 e. The van der Waals surface area contributed by atoms with Crippen molar-refractivity contribution in [3.8, 4) is 11.4 Å². The van der Waals surface area contributed by atoms with Gasteiger partial charge in [-0.1, -0.05) is 36.4 Å². The van der Waals surface area contributed by atoms with Gasteiger partial charge >= 0.3 is 5.97 Å². The number of benzene rings is 1. The van der Waals surface area contributed by atoms with Gasteiger partial charge in [0.15, 0.2) is 17.6 Å². The lowest BCUT2D eigenvalue weighted by Crippen LogP contribution is -2.31. The summed E-state index contributed by atoms with van der Waals surface area (Å²) in [5, 5.41) is 13.5. The standard InChI is InChI=1S/C17H15N5O3S/c1-11(15(18)23)25-17(24)14(10-13-8-5-9-26-13)22-16(19-20-21-22)12-6-3-2-4-7-12/h2-11H,1H3,(H2,18,23)/b14-10-/t11-/m0/s1. The van der Waals surface area contributed by atoms with Crippen LogP contribution in [0.3, 0.4) is 0 Å². The van der Waals surface area contributed by atoms with Gasteiger partial charge < -0.3 is 10.5 Å². The Labute approximate surface area is 152 Å². The number of hydrogen-bond acceptors (Lipinski definition) is 7. The average molecular weight is 369 g/mol. The van der Waals surface area contributed by atoms with Crippen molar-refractivity contribution >= 4 is 35.0 Å². The molecule has 2 N–H and O–H groups in total. The lowest BCUT2D eigenvalue weighted by Gasteiger charge is -2.12. The maximum absolute atomic E-state index is 12.7. The highest BCUT2D eigenvalue weighted by Gasteiger charge is 2.24. The molecule has 132 valence electrons. The number of nitrogens with zero attached hydrogens (tertiary/aromatic N) is 4. The molecule has 8 nitrogen and oxygen atoms in total. The van der Waals surface area contributed by atoms with E-state index in [1.165, 1.54) is 22.9 Å². The zero-order chi connectivity index (χ0) is 18.5. The SMILES string of the molecule is C[C@H](OC(=O)/C(=C/c1cccs1)n1nnnc1-c1ccccc1)C(N)=O. The van der Waals surface area contributed by atoms with Gasteiger partial charge in [0, 0.05) is 10.4 Å². The van der Waals surface area contributed by atoms with Crippen LogP contribution in [-0.2, 0) is 14.3 Å². The number of rotatable bonds is 6. The van der Waals surface area contributed by atoms with Gasteiger partial charge in [0.05, 0.1) is 0 Å². The molecular weight excluding hydrogens is 354 g/mol. The van der Waals surface area contributed by atoms with Crippen molar-refractivity contribution in [2.24, 2.45) is 5.73 Å².